The molecule has 0 saturated carbocycles. The number of benzene rings is 1. The van der Waals surface area contributed by atoms with Crippen molar-refractivity contribution in [1.29, 1.82) is 0 Å². The Labute approximate surface area is 131 Å². The van der Waals surface area contributed by atoms with Crippen molar-refractivity contribution in [3.05, 3.63) is 46.3 Å². The van der Waals surface area contributed by atoms with Gasteiger partial charge in [-0.05, 0) is 38.1 Å². The second-order valence-electron chi connectivity index (χ2n) is 4.61. The fraction of sp³-hybridized carbons (Fsp3) is 0.231. The zero-order valence-corrected chi connectivity index (χ0v) is 13.3. The number of carbonyl (C=O) groups is 1. The Morgan fingerprint density at radius 1 is 1.36 bits per heavy atom. The largest absolute Gasteiger partial charge is 0.477 e. The third kappa shape index (κ3) is 3.29. The Kier molecular flexibility index (Phi) is 4.55. The van der Waals surface area contributed by atoms with E-state index in [-0.39, 0.29) is 21.9 Å². The summed E-state index contributed by atoms with van der Waals surface area (Å²) in [5.41, 5.74) is 0.0337. The summed E-state index contributed by atoms with van der Waals surface area (Å²) in [6.07, 6.45) is 0. The van der Waals surface area contributed by atoms with Crippen LogP contribution in [0.2, 0.25) is 5.02 Å². The van der Waals surface area contributed by atoms with E-state index >= 15 is 0 Å². The van der Waals surface area contributed by atoms with Crippen LogP contribution in [0.25, 0.3) is 0 Å². The molecule has 2 rings (SSSR count). The molecule has 2 N–H and O–H groups in total. The summed E-state index contributed by atoms with van der Waals surface area (Å²) in [4.78, 5) is 11.2. The minimum Gasteiger partial charge on any atom is -0.477 e. The molecular weight excluding hydrogens is 332 g/mol. The first-order chi connectivity index (χ1) is 10.2. The molecule has 0 aliphatic rings. The number of nitrogens with zero attached hydrogens (tertiary/aromatic N) is 1. The van der Waals surface area contributed by atoms with Crippen LogP contribution in [-0.2, 0) is 10.0 Å². The van der Waals surface area contributed by atoms with Crippen LogP contribution in [0.3, 0.4) is 0 Å². The van der Waals surface area contributed by atoms with Gasteiger partial charge in [0.05, 0.1) is 16.6 Å². The fourth-order valence-corrected chi connectivity index (χ4v) is 3.24. The predicted octanol–water partition coefficient (Wildman–Crippen LogP) is 2.37. The number of sulfonamides is 1. The van der Waals surface area contributed by atoms with Crippen LogP contribution >= 0.6 is 11.6 Å². The van der Waals surface area contributed by atoms with E-state index in [1.165, 1.54) is 38.1 Å². The summed E-state index contributed by atoms with van der Waals surface area (Å²) in [5.74, 6) is -1.28. The van der Waals surface area contributed by atoms with Gasteiger partial charge in [0.1, 0.15) is 5.56 Å². The van der Waals surface area contributed by atoms with Gasteiger partial charge in [0.2, 0.25) is 10.0 Å². The second kappa shape index (κ2) is 6.07. The molecule has 1 aromatic carbocycles. The van der Waals surface area contributed by atoms with Crippen molar-refractivity contribution in [2.45, 2.75) is 24.8 Å². The quantitative estimate of drug-likeness (QED) is 0.861. The second-order valence-corrected chi connectivity index (χ2v) is 6.76. The number of aromatic nitrogens is 1. The summed E-state index contributed by atoms with van der Waals surface area (Å²) < 4.78 is 31.8. The summed E-state index contributed by atoms with van der Waals surface area (Å²) in [6.45, 7) is 2.94. The van der Waals surface area contributed by atoms with Gasteiger partial charge >= 0.3 is 5.97 Å². The molecular formula is C13H13ClN2O5S. The normalized spacial score (nSPS) is 13.0. The minimum absolute atomic E-state index is 0.0110. The Morgan fingerprint density at radius 2 is 1.95 bits per heavy atom. The monoisotopic (exact) mass is 344 g/mol. The van der Waals surface area contributed by atoms with E-state index in [4.69, 9.17) is 21.2 Å². The van der Waals surface area contributed by atoms with Crippen LogP contribution in [-0.4, -0.2) is 24.7 Å². The average molecular weight is 345 g/mol. The maximum Gasteiger partial charge on any atom is 0.341 e. The highest BCUT2D eigenvalue weighted by Gasteiger charge is 2.27. The van der Waals surface area contributed by atoms with Crippen LogP contribution < -0.4 is 4.72 Å². The number of aromatic carboxylic acids is 1. The molecule has 0 aliphatic carbocycles. The minimum atomic E-state index is -3.85. The lowest BCUT2D eigenvalue weighted by Crippen LogP contribution is -2.27. The standard InChI is InChI=1S/C13H13ClN2O5S/c1-7-11(13(17)18)12(21-15-7)8(2)16-22(19,20)10-5-3-9(14)4-6-10/h3-6,8,16H,1-2H3,(H,17,18). The number of hydrogen-bond donors (Lipinski definition) is 2. The fourth-order valence-electron chi connectivity index (χ4n) is 1.91. The highest BCUT2D eigenvalue weighted by Crippen LogP contribution is 2.23. The van der Waals surface area contributed by atoms with Crippen molar-refractivity contribution >= 4 is 27.6 Å². The molecule has 118 valence electrons. The van der Waals surface area contributed by atoms with Crippen LogP contribution in [0.4, 0.5) is 0 Å². The molecule has 22 heavy (non-hydrogen) atoms. The molecule has 0 aliphatic heterocycles. The van der Waals surface area contributed by atoms with Crippen molar-refractivity contribution in [2.24, 2.45) is 0 Å². The smallest absolute Gasteiger partial charge is 0.341 e. The third-order valence-electron chi connectivity index (χ3n) is 2.95. The van der Waals surface area contributed by atoms with Gasteiger partial charge in [-0.3, -0.25) is 0 Å². The topological polar surface area (TPSA) is 110 Å². The maximum atomic E-state index is 12.3. The molecule has 2 aromatic rings. The van der Waals surface area contributed by atoms with Gasteiger partial charge in [-0.15, -0.1) is 0 Å². The third-order valence-corrected chi connectivity index (χ3v) is 4.76. The molecule has 1 unspecified atom stereocenters. The molecule has 1 aromatic heterocycles. The number of nitrogens with one attached hydrogen (secondary N) is 1. The molecule has 0 spiro atoms. The molecule has 0 bridgehead atoms. The van der Waals surface area contributed by atoms with Crippen LogP contribution in [0.1, 0.15) is 34.8 Å². The lowest BCUT2D eigenvalue weighted by molar-refractivity contribution is 0.0692. The predicted molar refractivity (Wildman–Crippen MR) is 78.4 cm³/mol. The van der Waals surface area contributed by atoms with Crippen molar-refractivity contribution in [3.63, 3.8) is 0 Å². The summed E-state index contributed by atoms with van der Waals surface area (Å²) in [7, 11) is -3.85. The van der Waals surface area contributed by atoms with Gasteiger partial charge in [0.25, 0.3) is 0 Å². The van der Waals surface area contributed by atoms with Gasteiger partial charge in [0, 0.05) is 5.02 Å². The van der Waals surface area contributed by atoms with Crippen molar-refractivity contribution in [2.75, 3.05) is 0 Å². The Hall–Kier alpha value is -1.90. The van der Waals surface area contributed by atoms with Gasteiger partial charge in [0.15, 0.2) is 5.76 Å². The Morgan fingerprint density at radius 3 is 2.50 bits per heavy atom. The van der Waals surface area contributed by atoms with Crippen LogP contribution in [0.5, 0.6) is 0 Å². The summed E-state index contributed by atoms with van der Waals surface area (Å²) in [5, 5.41) is 13.1. The van der Waals surface area contributed by atoms with Gasteiger partial charge < -0.3 is 9.63 Å². The molecule has 7 nitrogen and oxygen atoms in total. The van der Waals surface area contributed by atoms with Crippen molar-refractivity contribution in [1.82, 2.24) is 9.88 Å². The highest BCUT2D eigenvalue weighted by molar-refractivity contribution is 7.89. The lowest BCUT2D eigenvalue weighted by atomic mass is 10.1. The Balaban J connectivity index is 2.30. The van der Waals surface area contributed by atoms with E-state index in [0.29, 0.717) is 5.02 Å². The molecule has 0 amide bonds. The zero-order valence-electron chi connectivity index (χ0n) is 11.7. The molecule has 0 radical (unpaired) electrons. The molecule has 1 heterocycles. The number of rotatable bonds is 5. The number of halogens is 1. The zero-order chi connectivity index (χ0) is 16.5. The lowest BCUT2D eigenvalue weighted by Gasteiger charge is -2.12. The van der Waals surface area contributed by atoms with Crippen LogP contribution in [0.15, 0.2) is 33.7 Å². The summed E-state index contributed by atoms with van der Waals surface area (Å²) >= 11 is 5.72. The van der Waals surface area contributed by atoms with Gasteiger partial charge in [-0.1, -0.05) is 16.8 Å². The number of carboxylic acid groups (broad SMARTS) is 1. The van der Waals surface area contributed by atoms with Gasteiger partial charge in [-0.2, -0.15) is 0 Å². The molecule has 0 fully saturated rings. The Bertz CT molecular complexity index is 798. The molecule has 9 heteroatoms. The van der Waals surface area contributed by atoms with E-state index in [0.717, 1.165) is 0 Å². The van der Waals surface area contributed by atoms with E-state index in [2.05, 4.69) is 9.88 Å². The molecule has 0 saturated heterocycles. The van der Waals surface area contributed by atoms with Gasteiger partial charge in [-0.25, -0.2) is 17.9 Å². The first kappa shape index (κ1) is 16.5. The van der Waals surface area contributed by atoms with E-state index < -0.39 is 22.0 Å². The van der Waals surface area contributed by atoms with Crippen LogP contribution in [0, 0.1) is 6.92 Å². The first-order valence-corrected chi connectivity index (χ1v) is 8.06. The summed E-state index contributed by atoms with van der Waals surface area (Å²) in [6, 6.07) is 4.69. The number of aryl methyl sites for hydroxylation is 1. The van der Waals surface area contributed by atoms with E-state index in [1.807, 2.05) is 0 Å². The first-order valence-electron chi connectivity index (χ1n) is 6.19. The SMILES string of the molecule is Cc1noc(C(C)NS(=O)(=O)c2ccc(Cl)cc2)c1C(=O)O. The maximum absolute atomic E-state index is 12.3. The van der Waals surface area contributed by atoms with Crippen molar-refractivity contribution in [3.8, 4) is 0 Å². The number of hydrogen-bond acceptors (Lipinski definition) is 5. The highest BCUT2D eigenvalue weighted by atomic mass is 35.5. The van der Waals surface area contributed by atoms with E-state index in [1.54, 1.807) is 0 Å². The number of carboxylic acids is 1. The van der Waals surface area contributed by atoms with Crippen molar-refractivity contribution < 1.29 is 22.8 Å². The molecule has 1 atom stereocenters. The van der Waals surface area contributed by atoms with E-state index in [9.17, 15) is 13.2 Å². The average Bonchev–Trinajstić information content (AvgIpc) is 2.81.